The Balaban J connectivity index is 2.17. The minimum atomic E-state index is -1.10. The van der Waals surface area contributed by atoms with E-state index in [4.69, 9.17) is 5.11 Å². The Bertz CT molecular complexity index is 479. The van der Waals surface area contributed by atoms with Crippen molar-refractivity contribution in [3.63, 3.8) is 0 Å². The molecule has 0 spiro atoms. The Morgan fingerprint density at radius 2 is 2.21 bits per heavy atom. The van der Waals surface area contributed by atoms with E-state index in [1.807, 2.05) is 4.90 Å². The molecule has 1 aliphatic heterocycles. The van der Waals surface area contributed by atoms with Crippen LogP contribution < -0.4 is 4.90 Å². The first-order valence-electron chi connectivity index (χ1n) is 6.54. The van der Waals surface area contributed by atoms with Crippen molar-refractivity contribution < 1.29 is 14.3 Å². The lowest BCUT2D eigenvalue weighted by molar-refractivity contribution is 0.0696. The molecule has 104 valence electrons. The van der Waals surface area contributed by atoms with Crippen molar-refractivity contribution in [2.45, 2.75) is 19.9 Å². The minimum absolute atomic E-state index is 0.0125. The van der Waals surface area contributed by atoms with Gasteiger partial charge < -0.3 is 10.0 Å². The molecule has 1 aliphatic rings. The van der Waals surface area contributed by atoms with Gasteiger partial charge in [-0.1, -0.05) is 6.92 Å². The fraction of sp³-hybridized carbons (Fsp3) is 0.500. The Kier molecular flexibility index (Phi) is 4.04. The third-order valence-corrected chi connectivity index (χ3v) is 3.71. The summed E-state index contributed by atoms with van der Waals surface area (Å²) in [4.78, 5) is 15.1. The zero-order chi connectivity index (χ0) is 14.0. The van der Waals surface area contributed by atoms with Gasteiger partial charge in [-0.15, -0.1) is 0 Å². The van der Waals surface area contributed by atoms with Gasteiger partial charge in [0.15, 0.2) is 0 Å². The monoisotopic (exact) mass is 266 g/mol. The average molecular weight is 266 g/mol. The molecule has 0 saturated carbocycles. The fourth-order valence-electron chi connectivity index (χ4n) is 2.58. The minimum Gasteiger partial charge on any atom is -0.478 e. The van der Waals surface area contributed by atoms with E-state index in [-0.39, 0.29) is 5.56 Å². The third kappa shape index (κ3) is 2.87. The molecule has 1 N–H and O–H groups in total. The highest BCUT2D eigenvalue weighted by atomic mass is 19.1. The van der Waals surface area contributed by atoms with Crippen LogP contribution >= 0.6 is 0 Å². The molecule has 19 heavy (non-hydrogen) atoms. The smallest absolute Gasteiger partial charge is 0.335 e. The van der Waals surface area contributed by atoms with Gasteiger partial charge in [0.2, 0.25) is 0 Å². The van der Waals surface area contributed by atoms with Crippen LogP contribution in [0, 0.1) is 5.82 Å². The van der Waals surface area contributed by atoms with Crippen LogP contribution in [0.15, 0.2) is 18.2 Å². The standard InChI is InChI=1S/C14H19FN2O2/c1-3-16-6-7-17(9-10(16)2)13-5-4-11(14(18)19)8-12(13)15/h4-5,8,10H,3,6-7,9H2,1-2H3,(H,18,19). The lowest BCUT2D eigenvalue weighted by Crippen LogP contribution is -2.52. The van der Waals surface area contributed by atoms with Crippen LogP contribution in [-0.2, 0) is 0 Å². The van der Waals surface area contributed by atoms with E-state index in [1.54, 1.807) is 6.07 Å². The van der Waals surface area contributed by atoms with Crippen molar-refractivity contribution in [3.8, 4) is 0 Å². The van der Waals surface area contributed by atoms with Crippen LogP contribution in [-0.4, -0.2) is 48.2 Å². The van der Waals surface area contributed by atoms with Crippen LogP contribution in [0.3, 0.4) is 0 Å². The molecule has 0 radical (unpaired) electrons. The molecule has 1 heterocycles. The van der Waals surface area contributed by atoms with E-state index in [2.05, 4.69) is 18.7 Å². The summed E-state index contributed by atoms with van der Waals surface area (Å²) in [5.74, 6) is -1.56. The third-order valence-electron chi connectivity index (χ3n) is 3.71. The molecule has 0 bridgehead atoms. The van der Waals surface area contributed by atoms with Gasteiger partial charge in [0.1, 0.15) is 5.82 Å². The van der Waals surface area contributed by atoms with Gasteiger partial charge in [-0.2, -0.15) is 0 Å². The summed E-state index contributed by atoms with van der Waals surface area (Å²) in [5.41, 5.74) is 0.481. The number of carboxylic acids is 1. The second-order valence-corrected chi connectivity index (χ2v) is 4.89. The molecule has 5 heteroatoms. The van der Waals surface area contributed by atoms with Crippen molar-refractivity contribution >= 4 is 11.7 Å². The number of nitrogens with zero attached hydrogens (tertiary/aromatic N) is 2. The van der Waals surface area contributed by atoms with Gasteiger partial charge in [0, 0.05) is 25.7 Å². The Morgan fingerprint density at radius 1 is 1.47 bits per heavy atom. The number of piperazine rings is 1. The molecule has 1 aromatic carbocycles. The van der Waals surface area contributed by atoms with Gasteiger partial charge in [-0.05, 0) is 31.7 Å². The topological polar surface area (TPSA) is 43.8 Å². The average Bonchev–Trinajstić information content (AvgIpc) is 2.38. The molecule has 1 saturated heterocycles. The highest BCUT2D eigenvalue weighted by Gasteiger charge is 2.24. The van der Waals surface area contributed by atoms with Crippen molar-refractivity contribution in [2.75, 3.05) is 31.1 Å². The van der Waals surface area contributed by atoms with Crippen LogP contribution in [0.25, 0.3) is 0 Å². The van der Waals surface area contributed by atoms with E-state index in [1.165, 1.54) is 6.07 Å². The molecule has 2 rings (SSSR count). The Morgan fingerprint density at radius 3 is 2.74 bits per heavy atom. The van der Waals surface area contributed by atoms with Crippen LogP contribution in [0.2, 0.25) is 0 Å². The Labute approximate surface area is 112 Å². The van der Waals surface area contributed by atoms with Crippen molar-refractivity contribution in [3.05, 3.63) is 29.6 Å². The summed E-state index contributed by atoms with van der Waals surface area (Å²) >= 11 is 0. The fourth-order valence-corrected chi connectivity index (χ4v) is 2.58. The number of likely N-dealkylation sites (N-methyl/N-ethyl adjacent to an activating group) is 1. The van der Waals surface area contributed by atoms with E-state index in [9.17, 15) is 9.18 Å². The molecular formula is C14H19FN2O2. The van der Waals surface area contributed by atoms with Crippen LogP contribution in [0.5, 0.6) is 0 Å². The molecule has 0 aliphatic carbocycles. The number of anilines is 1. The maximum Gasteiger partial charge on any atom is 0.335 e. The van der Waals surface area contributed by atoms with Crippen molar-refractivity contribution in [1.82, 2.24) is 4.90 Å². The molecule has 0 aromatic heterocycles. The maximum atomic E-state index is 14.0. The number of hydrogen-bond donors (Lipinski definition) is 1. The lowest BCUT2D eigenvalue weighted by atomic mass is 10.1. The second kappa shape index (κ2) is 5.57. The molecule has 1 atom stereocenters. The quantitative estimate of drug-likeness (QED) is 0.909. The predicted molar refractivity (Wildman–Crippen MR) is 72.3 cm³/mol. The molecule has 4 nitrogen and oxygen atoms in total. The largest absolute Gasteiger partial charge is 0.478 e. The Hall–Kier alpha value is -1.62. The number of halogens is 1. The van der Waals surface area contributed by atoms with E-state index >= 15 is 0 Å². The normalized spacial score (nSPS) is 20.6. The molecule has 1 unspecified atom stereocenters. The molecule has 1 aromatic rings. The summed E-state index contributed by atoms with van der Waals surface area (Å²) in [6.07, 6.45) is 0. The number of carboxylic acid groups (broad SMARTS) is 1. The van der Waals surface area contributed by atoms with Crippen LogP contribution in [0.1, 0.15) is 24.2 Å². The van der Waals surface area contributed by atoms with Gasteiger partial charge in [-0.25, -0.2) is 9.18 Å². The van der Waals surface area contributed by atoms with E-state index < -0.39 is 11.8 Å². The summed E-state index contributed by atoms with van der Waals surface area (Å²) < 4.78 is 14.0. The SMILES string of the molecule is CCN1CCN(c2ccc(C(=O)O)cc2F)CC1C. The van der Waals surface area contributed by atoms with Crippen molar-refractivity contribution in [2.24, 2.45) is 0 Å². The van der Waals surface area contributed by atoms with Crippen LogP contribution in [0.4, 0.5) is 10.1 Å². The highest BCUT2D eigenvalue weighted by Crippen LogP contribution is 2.23. The van der Waals surface area contributed by atoms with Crippen molar-refractivity contribution in [1.29, 1.82) is 0 Å². The molecule has 0 amide bonds. The van der Waals surface area contributed by atoms with Gasteiger partial charge in [0.05, 0.1) is 11.3 Å². The first-order valence-corrected chi connectivity index (χ1v) is 6.54. The van der Waals surface area contributed by atoms with Gasteiger partial charge in [-0.3, -0.25) is 4.90 Å². The summed E-state index contributed by atoms with van der Waals surface area (Å²) in [7, 11) is 0. The zero-order valence-corrected chi connectivity index (χ0v) is 11.3. The zero-order valence-electron chi connectivity index (χ0n) is 11.3. The maximum absolute atomic E-state index is 14.0. The predicted octanol–water partition coefficient (Wildman–Crippen LogP) is 2.05. The van der Waals surface area contributed by atoms with Gasteiger partial charge >= 0.3 is 5.97 Å². The lowest BCUT2D eigenvalue weighted by Gasteiger charge is -2.40. The first-order chi connectivity index (χ1) is 9.02. The number of carbonyl (C=O) groups is 1. The second-order valence-electron chi connectivity index (χ2n) is 4.89. The van der Waals surface area contributed by atoms with E-state index in [0.29, 0.717) is 11.7 Å². The van der Waals surface area contributed by atoms with E-state index in [0.717, 1.165) is 32.2 Å². The highest BCUT2D eigenvalue weighted by molar-refractivity contribution is 5.88. The summed E-state index contributed by atoms with van der Waals surface area (Å²) in [6.45, 7) is 7.67. The molecular weight excluding hydrogens is 247 g/mol. The number of rotatable bonds is 3. The number of aromatic carboxylic acids is 1. The van der Waals surface area contributed by atoms with Gasteiger partial charge in [0.25, 0.3) is 0 Å². The summed E-state index contributed by atoms with van der Waals surface area (Å²) in [6, 6.07) is 4.48. The number of benzene rings is 1. The first kappa shape index (κ1) is 13.8. The summed E-state index contributed by atoms with van der Waals surface area (Å²) in [5, 5.41) is 8.83. The molecule has 1 fully saturated rings. The number of hydrogen-bond acceptors (Lipinski definition) is 3.